The van der Waals surface area contributed by atoms with Gasteiger partial charge in [-0.05, 0) is 6.42 Å². The summed E-state index contributed by atoms with van der Waals surface area (Å²) in [5.74, 6) is -0.461. The van der Waals surface area contributed by atoms with Crippen molar-refractivity contribution >= 4 is 40.5 Å². The van der Waals surface area contributed by atoms with E-state index < -0.39 is 17.1 Å². The monoisotopic (exact) mass is 314 g/mol. The molecule has 0 bridgehead atoms. The van der Waals surface area contributed by atoms with Gasteiger partial charge in [-0.3, -0.25) is 4.57 Å². The molecule has 1 fully saturated rings. The van der Waals surface area contributed by atoms with Gasteiger partial charge in [0.15, 0.2) is 10.8 Å². The second-order valence-corrected chi connectivity index (χ2v) is 5.92. The Labute approximate surface area is 123 Å². The van der Waals surface area contributed by atoms with Crippen molar-refractivity contribution in [3.63, 3.8) is 0 Å². The molecule has 1 aliphatic rings. The molecule has 0 saturated carbocycles. The molecule has 0 spiro atoms. The number of carbonyl (C=O) groups is 1. The highest BCUT2D eigenvalue weighted by molar-refractivity contribution is 8.01. The molecule has 0 aliphatic carbocycles. The number of aromatic nitrogens is 4. The van der Waals surface area contributed by atoms with Gasteiger partial charge in [-0.2, -0.15) is 0 Å². The van der Waals surface area contributed by atoms with Crippen LogP contribution in [0.15, 0.2) is 12.7 Å². The first-order chi connectivity index (χ1) is 9.57. The summed E-state index contributed by atoms with van der Waals surface area (Å²) < 4.78 is 7.43. The maximum absolute atomic E-state index is 11.4. The lowest BCUT2D eigenvalue weighted by molar-refractivity contribution is -0.159. The third kappa shape index (κ3) is 1.95. The molecule has 1 saturated heterocycles. The van der Waals surface area contributed by atoms with E-state index in [2.05, 4.69) is 15.0 Å². The summed E-state index contributed by atoms with van der Waals surface area (Å²) in [4.78, 5) is 22.3. The Morgan fingerprint density at radius 2 is 2.45 bits per heavy atom. The van der Waals surface area contributed by atoms with E-state index in [0.29, 0.717) is 23.3 Å². The number of imidazole rings is 1. The lowest BCUT2D eigenvalue weighted by Gasteiger charge is -2.22. The van der Waals surface area contributed by atoms with E-state index in [9.17, 15) is 9.90 Å². The summed E-state index contributed by atoms with van der Waals surface area (Å²) in [6.07, 6.45) is 2.83. The number of fused-ring (bicyclic) bond motifs is 1. The highest BCUT2D eigenvalue weighted by atomic mass is 35.5. The second-order valence-electron chi connectivity index (χ2n) is 4.28. The average Bonchev–Trinajstić information content (AvgIpc) is 3.03. The fourth-order valence-electron chi connectivity index (χ4n) is 2.11. The normalized spacial score (nSPS) is 26.2. The lowest BCUT2D eigenvalue weighted by Crippen LogP contribution is -2.34. The minimum Gasteiger partial charge on any atom is -0.478 e. The Kier molecular flexibility index (Phi) is 3.31. The molecule has 1 aliphatic heterocycles. The van der Waals surface area contributed by atoms with Gasteiger partial charge in [0.1, 0.15) is 18.1 Å². The van der Waals surface area contributed by atoms with Gasteiger partial charge in [0.05, 0.1) is 6.33 Å². The van der Waals surface area contributed by atoms with Crippen LogP contribution >= 0.6 is 23.4 Å². The van der Waals surface area contributed by atoms with E-state index in [4.69, 9.17) is 16.3 Å². The van der Waals surface area contributed by atoms with Crippen LogP contribution in [0.5, 0.6) is 0 Å². The molecule has 0 amide bonds. The van der Waals surface area contributed by atoms with Crippen LogP contribution in [-0.2, 0) is 9.53 Å². The Hall–Kier alpha value is -1.38. The van der Waals surface area contributed by atoms with Gasteiger partial charge in [0.2, 0.25) is 4.93 Å². The Morgan fingerprint density at radius 1 is 1.65 bits per heavy atom. The molecule has 0 aromatic carbocycles. The van der Waals surface area contributed by atoms with Crippen LogP contribution in [0, 0.1) is 0 Å². The van der Waals surface area contributed by atoms with Gasteiger partial charge >= 0.3 is 5.97 Å². The highest BCUT2D eigenvalue weighted by Crippen LogP contribution is 2.44. The average molecular weight is 315 g/mol. The van der Waals surface area contributed by atoms with E-state index in [1.807, 2.05) is 0 Å². The number of halogens is 1. The second kappa shape index (κ2) is 4.87. The SMILES string of the molecule is CC[C@]1(C(=O)O)O[C@@H](n2cnc3c(Cl)ncnc32)CS1. The van der Waals surface area contributed by atoms with Crippen molar-refractivity contribution in [3.8, 4) is 0 Å². The van der Waals surface area contributed by atoms with E-state index in [1.54, 1.807) is 17.8 Å². The van der Waals surface area contributed by atoms with Gasteiger partial charge in [-0.1, -0.05) is 18.5 Å². The lowest BCUT2D eigenvalue weighted by atomic mass is 10.3. The van der Waals surface area contributed by atoms with Crippen LogP contribution in [0.2, 0.25) is 5.15 Å². The Balaban J connectivity index is 1.98. The van der Waals surface area contributed by atoms with Crippen LogP contribution in [0.25, 0.3) is 11.2 Å². The maximum atomic E-state index is 11.4. The summed E-state index contributed by atoms with van der Waals surface area (Å²) >= 11 is 7.21. The van der Waals surface area contributed by atoms with Gasteiger partial charge in [-0.15, -0.1) is 11.8 Å². The Morgan fingerprint density at radius 3 is 3.10 bits per heavy atom. The summed E-state index contributed by atoms with van der Waals surface area (Å²) in [6, 6.07) is 0. The third-order valence-corrected chi connectivity index (χ3v) is 4.96. The largest absolute Gasteiger partial charge is 0.478 e. The first-order valence-corrected chi connectivity index (χ1v) is 7.32. The zero-order chi connectivity index (χ0) is 14.3. The molecule has 2 atom stereocenters. The van der Waals surface area contributed by atoms with Crippen molar-refractivity contribution in [2.24, 2.45) is 0 Å². The van der Waals surface area contributed by atoms with E-state index in [1.165, 1.54) is 18.1 Å². The summed E-state index contributed by atoms with van der Waals surface area (Å²) in [7, 11) is 0. The van der Waals surface area contributed by atoms with Crippen LogP contribution in [0.3, 0.4) is 0 Å². The third-order valence-electron chi connectivity index (χ3n) is 3.20. The van der Waals surface area contributed by atoms with Crippen LogP contribution in [0.1, 0.15) is 19.6 Å². The zero-order valence-corrected chi connectivity index (χ0v) is 12.1. The number of aliphatic carboxylic acids is 1. The zero-order valence-electron chi connectivity index (χ0n) is 10.5. The van der Waals surface area contributed by atoms with Gasteiger partial charge in [0.25, 0.3) is 0 Å². The first kappa shape index (κ1) is 13.6. The smallest absolute Gasteiger partial charge is 0.346 e. The van der Waals surface area contributed by atoms with E-state index in [-0.39, 0.29) is 5.15 Å². The molecule has 3 rings (SSSR count). The number of thioether (sulfide) groups is 1. The standard InChI is InChI=1S/C11H11ClN4O3S/c1-2-11(10(17)18)19-6(3-20-11)16-5-15-7-8(12)13-4-14-9(7)16/h4-6H,2-3H2,1H3,(H,17,18)/t6-,11+/m1/s1. The number of carboxylic acid groups (broad SMARTS) is 1. The molecule has 9 heteroatoms. The predicted molar refractivity (Wildman–Crippen MR) is 73.6 cm³/mol. The molecule has 0 unspecified atom stereocenters. The van der Waals surface area contributed by atoms with Crippen LogP contribution < -0.4 is 0 Å². The molecule has 2 aromatic heterocycles. The van der Waals surface area contributed by atoms with Gasteiger partial charge < -0.3 is 9.84 Å². The summed E-state index contributed by atoms with van der Waals surface area (Å²) in [6.45, 7) is 1.79. The van der Waals surface area contributed by atoms with E-state index >= 15 is 0 Å². The number of rotatable bonds is 3. The molecule has 0 radical (unpaired) electrons. The minimum absolute atomic E-state index is 0.263. The molecule has 106 valence electrons. The molecule has 1 N–H and O–H groups in total. The topological polar surface area (TPSA) is 90.1 Å². The summed E-state index contributed by atoms with van der Waals surface area (Å²) in [5, 5.41) is 9.58. The van der Waals surface area contributed by atoms with Crippen molar-refractivity contribution in [2.75, 3.05) is 5.75 Å². The predicted octanol–water partition coefficient (Wildman–Crippen LogP) is 1.93. The van der Waals surface area contributed by atoms with E-state index in [0.717, 1.165) is 0 Å². The number of carboxylic acids is 1. The van der Waals surface area contributed by atoms with Crippen LogP contribution in [0.4, 0.5) is 0 Å². The van der Waals surface area contributed by atoms with Crippen molar-refractivity contribution in [3.05, 3.63) is 17.8 Å². The number of hydrogen-bond donors (Lipinski definition) is 1. The van der Waals surface area contributed by atoms with Crippen molar-refractivity contribution in [1.29, 1.82) is 0 Å². The fraction of sp³-hybridized carbons (Fsp3) is 0.455. The number of hydrogen-bond acceptors (Lipinski definition) is 6. The molecular weight excluding hydrogens is 304 g/mol. The fourth-order valence-corrected chi connectivity index (χ4v) is 3.44. The first-order valence-electron chi connectivity index (χ1n) is 5.95. The molecule has 7 nitrogen and oxygen atoms in total. The quantitative estimate of drug-likeness (QED) is 0.866. The Bertz CT molecular complexity index is 679. The van der Waals surface area contributed by atoms with Gasteiger partial charge in [0, 0.05) is 5.75 Å². The number of nitrogens with zero attached hydrogens (tertiary/aromatic N) is 4. The summed E-state index contributed by atoms with van der Waals surface area (Å²) in [5.41, 5.74) is 1.01. The van der Waals surface area contributed by atoms with Gasteiger partial charge in [-0.25, -0.2) is 19.7 Å². The molecule has 3 heterocycles. The van der Waals surface area contributed by atoms with Crippen LogP contribution in [-0.4, -0.2) is 41.3 Å². The molecule has 2 aromatic rings. The molecular formula is C11H11ClN4O3S. The van der Waals surface area contributed by atoms with Crippen molar-refractivity contribution < 1.29 is 14.6 Å². The van der Waals surface area contributed by atoms with Crippen molar-refractivity contribution in [2.45, 2.75) is 24.5 Å². The number of ether oxygens (including phenoxy) is 1. The van der Waals surface area contributed by atoms with Crippen molar-refractivity contribution in [1.82, 2.24) is 19.5 Å². The molecule has 20 heavy (non-hydrogen) atoms. The highest BCUT2D eigenvalue weighted by Gasteiger charge is 2.47. The maximum Gasteiger partial charge on any atom is 0.346 e. The minimum atomic E-state index is -1.21.